The van der Waals surface area contributed by atoms with E-state index in [4.69, 9.17) is 0 Å². The first-order chi connectivity index (χ1) is 9.61. The molecule has 0 aliphatic rings. The third-order valence-electron chi connectivity index (χ3n) is 2.76. The fourth-order valence-electron chi connectivity index (χ4n) is 1.73. The molecule has 0 amide bonds. The highest BCUT2D eigenvalue weighted by atomic mass is 16.6. The summed E-state index contributed by atoms with van der Waals surface area (Å²) in [5, 5.41) is 15.1. The van der Waals surface area contributed by atoms with Crippen molar-refractivity contribution in [1.29, 1.82) is 0 Å². The van der Waals surface area contributed by atoms with Crippen molar-refractivity contribution in [3.05, 3.63) is 64.0 Å². The van der Waals surface area contributed by atoms with Crippen molar-refractivity contribution >= 4 is 17.5 Å². The first kappa shape index (κ1) is 13.7. The average Bonchev–Trinajstić information content (AvgIpc) is 2.92. The first-order valence-electron chi connectivity index (χ1n) is 6.11. The highest BCUT2D eigenvalue weighted by Crippen LogP contribution is 2.18. The fourth-order valence-corrected chi connectivity index (χ4v) is 1.73. The van der Waals surface area contributed by atoms with Crippen molar-refractivity contribution in [3.8, 4) is 0 Å². The maximum absolute atomic E-state index is 12.0. The van der Waals surface area contributed by atoms with E-state index < -0.39 is 10.7 Å². The quantitative estimate of drug-likeness (QED) is 0.362. The lowest BCUT2D eigenvalue weighted by molar-refractivity contribution is -0.385. The Morgan fingerprint density at radius 2 is 2.15 bits per heavy atom. The van der Waals surface area contributed by atoms with Gasteiger partial charge in [-0.05, 0) is 31.2 Å². The van der Waals surface area contributed by atoms with Gasteiger partial charge in [-0.1, -0.05) is 12.1 Å². The molecule has 2 rings (SSSR count). The van der Waals surface area contributed by atoms with Gasteiger partial charge in [-0.2, -0.15) is 5.10 Å². The van der Waals surface area contributed by atoms with Crippen LogP contribution in [0.4, 0.5) is 5.69 Å². The van der Waals surface area contributed by atoms with Gasteiger partial charge in [0, 0.05) is 18.8 Å². The number of carbonyl (C=O) groups is 1. The van der Waals surface area contributed by atoms with Gasteiger partial charge in [-0.25, -0.2) is 0 Å². The number of allylic oxidation sites excluding steroid dienone is 1. The standard InChI is InChI=1S/C14H13N3O3/c1-2-16-10-9-11(15-16)7-8-14(18)12-5-3-4-6-13(12)17(19)20/h3-10H,2H2,1H3/b8-7+. The minimum Gasteiger partial charge on any atom is -0.289 e. The summed E-state index contributed by atoms with van der Waals surface area (Å²) in [6, 6.07) is 7.65. The molecule has 0 radical (unpaired) electrons. The SMILES string of the molecule is CCn1ccc(/C=C/C(=O)c2ccccc2[N+](=O)[O-])n1. The minimum absolute atomic E-state index is 0.0728. The summed E-state index contributed by atoms with van der Waals surface area (Å²) in [6.07, 6.45) is 4.64. The predicted molar refractivity (Wildman–Crippen MR) is 74.4 cm³/mol. The predicted octanol–water partition coefficient (Wildman–Crippen LogP) is 2.71. The van der Waals surface area contributed by atoms with E-state index in [0.29, 0.717) is 5.69 Å². The number of rotatable bonds is 5. The number of benzene rings is 1. The molecule has 6 nitrogen and oxygen atoms in total. The molecule has 0 N–H and O–H groups in total. The second kappa shape index (κ2) is 5.92. The molecule has 102 valence electrons. The van der Waals surface area contributed by atoms with E-state index in [9.17, 15) is 14.9 Å². The van der Waals surface area contributed by atoms with Gasteiger partial charge >= 0.3 is 0 Å². The topological polar surface area (TPSA) is 78.0 Å². The molecule has 0 spiro atoms. The molecule has 0 aliphatic heterocycles. The smallest absolute Gasteiger partial charge is 0.280 e. The number of carbonyl (C=O) groups excluding carboxylic acids is 1. The van der Waals surface area contributed by atoms with Crippen LogP contribution < -0.4 is 0 Å². The average molecular weight is 271 g/mol. The van der Waals surface area contributed by atoms with Gasteiger partial charge in [0.05, 0.1) is 16.2 Å². The largest absolute Gasteiger partial charge is 0.289 e. The molecule has 0 unspecified atom stereocenters. The Morgan fingerprint density at radius 3 is 2.80 bits per heavy atom. The van der Waals surface area contributed by atoms with Crippen molar-refractivity contribution in [3.63, 3.8) is 0 Å². The van der Waals surface area contributed by atoms with E-state index >= 15 is 0 Å². The number of nitro benzene ring substituents is 1. The molecule has 2 aromatic rings. The number of hydrogen-bond donors (Lipinski definition) is 0. The number of para-hydroxylation sites is 1. The maximum atomic E-state index is 12.0. The maximum Gasteiger partial charge on any atom is 0.280 e. The van der Waals surface area contributed by atoms with E-state index in [1.165, 1.54) is 24.3 Å². The van der Waals surface area contributed by atoms with E-state index in [-0.39, 0.29) is 11.3 Å². The molecule has 0 atom stereocenters. The summed E-state index contributed by atoms with van der Waals surface area (Å²) in [5.41, 5.74) is 0.517. The van der Waals surface area contributed by atoms with Crippen LogP contribution >= 0.6 is 0 Å². The zero-order valence-electron chi connectivity index (χ0n) is 10.9. The summed E-state index contributed by atoms with van der Waals surface area (Å²) < 4.78 is 1.73. The van der Waals surface area contributed by atoms with Gasteiger partial charge in [0.1, 0.15) is 0 Å². The molecule has 6 heteroatoms. The zero-order chi connectivity index (χ0) is 14.5. The number of hydrogen-bond acceptors (Lipinski definition) is 4. The van der Waals surface area contributed by atoms with Crippen molar-refractivity contribution < 1.29 is 9.72 Å². The molecular formula is C14H13N3O3. The third kappa shape index (κ3) is 2.97. The van der Waals surface area contributed by atoms with Crippen LogP contribution in [0.2, 0.25) is 0 Å². The number of aryl methyl sites for hydroxylation is 1. The molecule has 1 aromatic carbocycles. The number of nitro groups is 1. The van der Waals surface area contributed by atoms with E-state index in [0.717, 1.165) is 6.54 Å². The van der Waals surface area contributed by atoms with Crippen LogP contribution in [0.3, 0.4) is 0 Å². The minimum atomic E-state index is -0.563. The van der Waals surface area contributed by atoms with Gasteiger partial charge in [-0.3, -0.25) is 19.6 Å². The highest BCUT2D eigenvalue weighted by molar-refractivity contribution is 6.09. The molecule has 0 fully saturated rings. The van der Waals surface area contributed by atoms with Crippen LogP contribution in [-0.4, -0.2) is 20.5 Å². The van der Waals surface area contributed by atoms with Crippen molar-refractivity contribution in [2.45, 2.75) is 13.5 Å². The molecule has 0 bridgehead atoms. The van der Waals surface area contributed by atoms with Gasteiger partial charge in [0.15, 0.2) is 5.78 Å². The lowest BCUT2D eigenvalue weighted by atomic mass is 10.1. The van der Waals surface area contributed by atoms with Crippen LogP contribution in [0.1, 0.15) is 23.0 Å². The van der Waals surface area contributed by atoms with Crippen LogP contribution in [-0.2, 0) is 6.54 Å². The number of ketones is 1. The Bertz CT molecular complexity index is 674. The lowest BCUT2D eigenvalue weighted by Gasteiger charge is -1.97. The van der Waals surface area contributed by atoms with E-state index in [2.05, 4.69) is 5.10 Å². The second-order valence-corrected chi connectivity index (χ2v) is 4.07. The Morgan fingerprint density at radius 1 is 1.40 bits per heavy atom. The molecule has 0 aliphatic carbocycles. The zero-order valence-corrected chi connectivity index (χ0v) is 10.9. The molecule has 1 heterocycles. The second-order valence-electron chi connectivity index (χ2n) is 4.07. The Hall–Kier alpha value is -2.76. The fraction of sp³-hybridized carbons (Fsp3) is 0.143. The lowest BCUT2D eigenvalue weighted by Crippen LogP contribution is -2.00. The molecule has 20 heavy (non-hydrogen) atoms. The molecule has 0 saturated heterocycles. The highest BCUT2D eigenvalue weighted by Gasteiger charge is 2.16. The van der Waals surface area contributed by atoms with Crippen LogP contribution in [0.25, 0.3) is 6.08 Å². The summed E-state index contributed by atoms with van der Waals surface area (Å²) >= 11 is 0. The monoisotopic (exact) mass is 271 g/mol. The molecular weight excluding hydrogens is 258 g/mol. The number of nitrogens with zero attached hydrogens (tertiary/aromatic N) is 3. The summed E-state index contributed by atoms with van der Waals surface area (Å²) in [6.45, 7) is 2.70. The van der Waals surface area contributed by atoms with Gasteiger partial charge in [0.25, 0.3) is 5.69 Å². The summed E-state index contributed by atoms with van der Waals surface area (Å²) in [4.78, 5) is 22.3. The summed E-state index contributed by atoms with van der Waals surface area (Å²) in [5.74, 6) is -0.414. The van der Waals surface area contributed by atoms with E-state index in [1.807, 2.05) is 6.92 Å². The van der Waals surface area contributed by atoms with E-state index in [1.54, 1.807) is 29.1 Å². The Balaban J connectivity index is 2.22. The molecule has 0 saturated carbocycles. The molecule has 1 aromatic heterocycles. The first-order valence-corrected chi connectivity index (χ1v) is 6.11. The third-order valence-corrected chi connectivity index (χ3v) is 2.76. The van der Waals surface area contributed by atoms with Gasteiger partial charge in [0.2, 0.25) is 0 Å². The van der Waals surface area contributed by atoms with Crippen molar-refractivity contribution in [1.82, 2.24) is 9.78 Å². The van der Waals surface area contributed by atoms with Crippen molar-refractivity contribution in [2.75, 3.05) is 0 Å². The van der Waals surface area contributed by atoms with Gasteiger partial charge < -0.3 is 0 Å². The Labute approximate surface area is 115 Å². The van der Waals surface area contributed by atoms with Crippen LogP contribution in [0.5, 0.6) is 0 Å². The number of aromatic nitrogens is 2. The normalized spacial score (nSPS) is 10.8. The van der Waals surface area contributed by atoms with Crippen LogP contribution in [0, 0.1) is 10.1 Å². The van der Waals surface area contributed by atoms with Crippen LogP contribution in [0.15, 0.2) is 42.6 Å². The van der Waals surface area contributed by atoms with Crippen molar-refractivity contribution in [2.24, 2.45) is 0 Å². The Kier molecular flexibility index (Phi) is 4.05. The van der Waals surface area contributed by atoms with Gasteiger partial charge in [-0.15, -0.1) is 0 Å². The summed E-state index contributed by atoms with van der Waals surface area (Å²) in [7, 11) is 0.